The Morgan fingerprint density at radius 2 is 1.67 bits per heavy atom. The molecule has 3 N–H and O–H groups in total. The highest BCUT2D eigenvalue weighted by Crippen LogP contribution is 2.47. The van der Waals surface area contributed by atoms with E-state index in [0.717, 1.165) is 50.5 Å². The SMILES string of the molecule is CCCCCCCC(=O)O[C@H]1/C(=C/C(=O)OCc2ccccc2)CC2CC(C(C)O)OC(=O)CC(O)C[C@@H]3CCC[C@H](C[C@@H]4CCO[C@H](/C=C/C(C)(C)[C@]1(O)O2)O4)O3. The monoisotopic (exact) mass is 814 g/mol. The van der Waals surface area contributed by atoms with Gasteiger partial charge in [0.2, 0.25) is 5.79 Å². The molecule has 0 saturated carbocycles. The van der Waals surface area contributed by atoms with Crippen molar-refractivity contribution in [2.75, 3.05) is 6.61 Å². The second kappa shape index (κ2) is 21.9. The van der Waals surface area contributed by atoms with Crippen molar-refractivity contribution in [2.45, 2.75) is 192 Å². The molecule has 324 valence electrons. The van der Waals surface area contributed by atoms with Gasteiger partial charge in [0.15, 0.2) is 12.4 Å². The fourth-order valence-electron chi connectivity index (χ4n) is 8.22. The zero-order valence-corrected chi connectivity index (χ0v) is 34.8. The number of rotatable bonds is 11. The number of aliphatic hydroxyl groups is 3. The van der Waals surface area contributed by atoms with Crippen LogP contribution < -0.4 is 0 Å². The zero-order valence-electron chi connectivity index (χ0n) is 34.8. The molecule has 13 nitrogen and oxygen atoms in total. The van der Waals surface area contributed by atoms with Gasteiger partial charge in [0.05, 0.1) is 49.7 Å². The molecule has 6 bridgehead atoms. The van der Waals surface area contributed by atoms with Gasteiger partial charge in [-0.25, -0.2) is 4.79 Å². The largest absolute Gasteiger partial charge is 0.459 e. The van der Waals surface area contributed by atoms with Crippen molar-refractivity contribution in [3.05, 3.63) is 59.7 Å². The number of carbonyl (C=O) groups is 3. The van der Waals surface area contributed by atoms with Crippen molar-refractivity contribution >= 4 is 17.9 Å². The van der Waals surface area contributed by atoms with Crippen LogP contribution in [0.25, 0.3) is 0 Å². The van der Waals surface area contributed by atoms with Crippen LogP contribution in [0.15, 0.2) is 54.1 Å². The van der Waals surface area contributed by atoms with E-state index in [1.165, 1.54) is 13.0 Å². The maximum Gasteiger partial charge on any atom is 0.331 e. The summed E-state index contributed by atoms with van der Waals surface area (Å²) in [5.74, 6) is -4.27. The fourth-order valence-corrected chi connectivity index (χ4v) is 8.22. The van der Waals surface area contributed by atoms with E-state index in [0.29, 0.717) is 25.9 Å². The number of hydrogen-bond acceptors (Lipinski definition) is 13. The van der Waals surface area contributed by atoms with Crippen LogP contribution in [0.4, 0.5) is 0 Å². The van der Waals surface area contributed by atoms with E-state index in [9.17, 15) is 29.7 Å². The van der Waals surface area contributed by atoms with Crippen molar-refractivity contribution in [3.8, 4) is 0 Å². The number of unbranched alkanes of at least 4 members (excludes halogenated alkanes) is 4. The first-order valence-corrected chi connectivity index (χ1v) is 21.4. The summed E-state index contributed by atoms with van der Waals surface area (Å²) in [6.45, 7) is 7.47. The molecule has 4 heterocycles. The van der Waals surface area contributed by atoms with Gasteiger partial charge in [0.25, 0.3) is 0 Å². The molecule has 1 aromatic carbocycles. The molecule has 0 amide bonds. The minimum absolute atomic E-state index is 0.00794. The summed E-state index contributed by atoms with van der Waals surface area (Å²) in [6.07, 6.45) is 5.99. The molecule has 13 heteroatoms. The Labute approximate surface area is 343 Å². The lowest BCUT2D eigenvalue weighted by Crippen LogP contribution is -2.62. The summed E-state index contributed by atoms with van der Waals surface area (Å²) >= 11 is 0. The molecule has 0 aromatic heterocycles. The Morgan fingerprint density at radius 1 is 0.948 bits per heavy atom. The molecule has 0 aliphatic carbocycles. The van der Waals surface area contributed by atoms with Gasteiger partial charge in [-0.15, -0.1) is 0 Å². The van der Waals surface area contributed by atoms with Crippen LogP contribution in [-0.2, 0) is 54.1 Å². The molecule has 4 aliphatic rings. The topological polar surface area (TPSA) is 177 Å². The third-order valence-corrected chi connectivity index (χ3v) is 11.6. The summed E-state index contributed by atoms with van der Waals surface area (Å²) in [7, 11) is 0. The number of carbonyl (C=O) groups excluding carboxylic acids is 3. The Balaban J connectivity index is 1.50. The minimum atomic E-state index is -2.29. The third kappa shape index (κ3) is 13.4. The molecular formula is C45H66O13. The molecule has 58 heavy (non-hydrogen) atoms. The molecule has 3 fully saturated rings. The molecule has 4 unspecified atom stereocenters. The van der Waals surface area contributed by atoms with Crippen LogP contribution in [0.2, 0.25) is 0 Å². The predicted molar refractivity (Wildman–Crippen MR) is 213 cm³/mol. The first kappa shape index (κ1) is 45.9. The maximum atomic E-state index is 13.6. The molecule has 4 aliphatic heterocycles. The summed E-state index contributed by atoms with van der Waals surface area (Å²) in [6, 6.07) is 9.18. The predicted octanol–water partition coefficient (Wildman–Crippen LogP) is 6.29. The van der Waals surface area contributed by atoms with Crippen molar-refractivity contribution < 1.29 is 62.9 Å². The number of benzene rings is 1. The summed E-state index contributed by atoms with van der Waals surface area (Å²) < 4.78 is 42.8. The Morgan fingerprint density at radius 3 is 2.41 bits per heavy atom. The summed E-state index contributed by atoms with van der Waals surface area (Å²) in [5.41, 5.74) is -0.315. The number of ether oxygens (including phenoxy) is 7. The van der Waals surface area contributed by atoms with Crippen molar-refractivity contribution in [3.63, 3.8) is 0 Å². The Kier molecular flexibility index (Phi) is 17.3. The molecule has 3 saturated heterocycles. The number of cyclic esters (lactones) is 1. The number of fused-ring (bicyclic) bond motifs is 6. The van der Waals surface area contributed by atoms with Gasteiger partial charge >= 0.3 is 17.9 Å². The summed E-state index contributed by atoms with van der Waals surface area (Å²) in [4.78, 5) is 40.3. The lowest BCUT2D eigenvalue weighted by molar-refractivity contribution is -0.327. The van der Waals surface area contributed by atoms with Gasteiger partial charge in [-0.3, -0.25) is 9.59 Å². The average molecular weight is 815 g/mol. The fraction of sp³-hybridized carbons (Fsp3) is 0.711. The van der Waals surface area contributed by atoms with Crippen molar-refractivity contribution in [2.24, 2.45) is 5.41 Å². The Bertz CT molecular complexity index is 1530. The van der Waals surface area contributed by atoms with E-state index in [1.54, 1.807) is 26.0 Å². The highest BCUT2D eigenvalue weighted by molar-refractivity contribution is 5.83. The van der Waals surface area contributed by atoms with E-state index in [-0.39, 0.29) is 62.6 Å². The highest BCUT2D eigenvalue weighted by Gasteiger charge is 2.57. The standard InChI is InChI=1S/C45H66O13/c1-5-6-7-8-12-18-39(48)57-43-32(24-40(49)53-29-31-14-10-9-11-15-31)23-37-28-38(30(2)46)56-41(50)26-33(47)25-34-16-13-17-35(54-34)27-36-20-22-52-42(55-36)19-21-44(3,4)45(43,51)58-37/h9-11,14-15,19,21,24,30,33-38,42-43,46-47,51H,5-8,12-13,16-18,20,22-23,25-29H2,1-4H3/b21-19+,32-24+/t30?,33?,34-,35+,36-,37?,38?,42-,43-,45+/m0/s1. The first-order chi connectivity index (χ1) is 27.7. The molecule has 10 atom stereocenters. The highest BCUT2D eigenvalue weighted by atomic mass is 16.7. The van der Waals surface area contributed by atoms with Crippen LogP contribution in [0.3, 0.4) is 0 Å². The normalized spacial score (nSPS) is 33.9. The van der Waals surface area contributed by atoms with Gasteiger partial charge in [0, 0.05) is 30.8 Å². The first-order valence-electron chi connectivity index (χ1n) is 21.4. The smallest absolute Gasteiger partial charge is 0.331 e. The molecule has 5 rings (SSSR count). The van der Waals surface area contributed by atoms with Gasteiger partial charge in [-0.1, -0.05) is 82.9 Å². The lowest BCUT2D eigenvalue weighted by Gasteiger charge is -2.51. The average Bonchev–Trinajstić information content (AvgIpc) is 3.17. The van der Waals surface area contributed by atoms with Crippen LogP contribution in [-0.4, -0.2) is 101 Å². The minimum Gasteiger partial charge on any atom is -0.459 e. The molecular weight excluding hydrogens is 748 g/mol. The van der Waals surface area contributed by atoms with E-state index in [2.05, 4.69) is 6.92 Å². The van der Waals surface area contributed by atoms with E-state index < -0.39 is 65.9 Å². The van der Waals surface area contributed by atoms with E-state index in [4.69, 9.17) is 33.2 Å². The Hall–Kier alpha value is -3.17. The molecule has 1 aromatic rings. The van der Waals surface area contributed by atoms with Crippen LogP contribution in [0.5, 0.6) is 0 Å². The second-order valence-corrected chi connectivity index (χ2v) is 17.0. The van der Waals surface area contributed by atoms with Crippen LogP contribution in [0.1, 0.15) is 130 Å². The number of aliphatic hydroxyl groups excluding tert-OH is 2. The summed E-state index contributed by atoms with van der Waals surface area (Å²) in [5, 5.41) is 34.7. The maximum absolute atomic E-state index is 13.6. The quantitative estimate of drug-likeness (QED) is 0.0749. The molecule has 0 radical (unpaired) electrons. The van der Waals surface area contributed by atoms with Crippen molar-refractivity contribution in [1.82, 2.24) is 0 Å². The van der Waals surface area contributed by atoms with Crippen LogP contribution >= 0.6 is 0 Å². The molecule has 0 spiro atoms. The van der Waals surface area contributed by atoms with E-state index >= 15 is 0 Å². The van der Waals surface area contributed by atoms with Crippen LogP contribution in [0, 0.1) is 5.41 Å². The van der Waals surface area contributed by atoms with Gasteiger partial charge < -0.3 is 48.5 Å². The van der Waals surface area contributed by atoms with Gasteiger partial charge in [-0.05, 0) is 69.1 Å². The lowest BCUT2D eigenvalue weighted by atomic mass is 9.74. The zero-order chi connectivity index (χ0) is 41.7. The van der Waals surface area contributed by atoms with Gasteiger partial charge in [-0.2, -0.15) is 0 Å². The van der Waals surface area contributed by atoms with E-state index in [1.807, 2.05) is 30.3 Å². The van der Waals surface area contributed by atoms with Gasteiger partial charge in [0.1, 0.15) is 12.7 Å². The number of esters is 3. The van der Waals surface area contributed by atoms with Crippen molar-refractivity contribution in [1.29, 1.82) is 0 Å². The number of hydrogen-bond donors (Lipinski definition) is 3. The second-order valence-electron chi connectivity index (χ2n) is 17.0. The third-order valence-electron chi connectivity index (χ3n) is 11.6.